The lowest BCUT2D eigenvalue weighted by Crippen LogP contribution is -2.32. The SMILES string of the molecule is CC(CCCl)CCOC1CC(C)CC(C)(C)C1. The van der Waals surface area contributed by atoms with Crippen LogP contribution in [0.15, 0.2) is 0 Å². The lowest BCUT2D eigenvalue weighted by molar-refractivity contribution is -0.0266. The maximum atomic E-state index is 6.06. The van der Waals surface area contributed by atoms with Crippen molar-refractivity contribution < 1.29 is 4.74 Å². The molecule has 0 aliphatic heterocycles. The van der Waals surface area contributed by atoms with Crippen molar-refractivity contribution in [1.29, 1.82) is 0 Å². The van der Waals surface area contributed by atoms with Gasteiger partial charge >= 0.3 is 0 Å². The van der Waals surface area contributed by atoms with Crippen molar-refractivity contribution in [1.82, 2.24) is 0 Å². The van der Waals surface area contributed by atoms with E-state index in [9.17, 15) is 0 Å². The van der Waals surface area contributed by atoms with Gasteiger partial charge < -0.3 is 4.74 Å². The highest BCUT2D eigenvalue weighted by Gasteiger charge is 2.32. The van der Waals surface area contributed by atoms with Crippen LogP contribution in [0, 0.1) is 17.3 Å². The third kappa shape index (κ3) is 6.10. The van der Waals surface area contributed by atoms with E-state index in [1.165, 1.54) is 19.3 Å². The van der Waals surface area contributed by atoms with Crippen molar-refractivity contribution in [2.75, 3.05) is 12.5 Å². The van der Waals surface area contributed by atoms with E-state index in [-0.39, 0.29) is 0 Å². The van der Waals surface area contributed by atoms with Gasteiger partial charge in [-0.3, -0.25) is 0 Å². The van der Waals surface area contributed by atoms with Crippen LogP contribution in [-0.4, -0.2) is 18.6 Å². The van der Waals surface area contributed by atoms with Crippen LogP contribution in [0.25, 0.3) is 0 Å². The fourth-order valence-corrected chi connectivity index (χ4v) is 3.52. The molecule has 17 heavy (non-hydrogen) atoms. The lowest BCUT2D eigenvalue weighted by atomic mass is 9.71. The average Bonchev–Trinajstić information content (AvgIpc) is 2.14. The Morgan fingerprint density at radius 3 is 2.59 bits per heavy atom. The number of hydrogen-bond donors (Lipinski definition) is 0. The fraction of sp³-hybridized carbons (Fsp3) is 1.00. The van der Waals surface area contributed by atoms with E-state index >= 15 is 0 Å². The molecular formula is C15H29ClO. The van der Waals surface area contributed by atoms with Crippen molar-refractivity contribution in [3.05, 3.63) is 0 Å². The summed E-state index contributed by atoms with van der Waals surface area (Å²) in [5, 5.41) is 0. The molecule has 3 unspecified atom stereocenters. The Bertz CT molecular complexity index is 215. The molecule has 0 aromatic carbocycles. The number of halogens is 1. The Balaban J connectivity index is 2.22. The van der Waals surface area contributed by atoms with Crippen molar-refractivity contribution in [3.8, 4) is 0 Å². The largest absolute Gasteiger partial charge is 0.378 e. The van der Waals surface area contributed by atoms with E-state index in [4.69, 9.17) is 16.3 Å². The van der Waals surface area contributed by atoms with E-state index in [1.807, 2.05) is 0 Å². The van der Waals surface area contributed by atoms with Gasteiger partial charge in [0.05, 0.1) is 6.10 Å². The van der Waals surface area contributed by atoms with Crippen LogP contribution in [0.3, 0.4) is 0 Å². The van der Waals surface area contributed by atoms with Gasteiger partial charge in [-0.15, -0.1) is 11.6 Å². The van der Waals surface area contributed by atoms with Gasteiger partial charge in [0.1, 0.15) is 0 Å². The molecule has 1 nitrogen and oxygen atoms in total. The van der Waals surface area contributed by atoms with Gasteiger partial charge in [-0.2, -0.15) is 0 Å². The molecule has 0 radical (unpaired) electrons. The summed E-state index contributed by atoms with van der Waals surface area (Å²) < 4.78 is 6.06. The smallest absolute Gasteiger partial charge is 0.0582 e. The Kier molecular flexibility index (Phi) is 6.30. The van der Waals surface area contributed by atoms with E-state index in [0.717, 1.165) is 31.2 Å². The minimum Gasteiger partial charge on any atom is -0.378 e. The van der Waals surface area contributed by atoms with Crippen LogP contribution >= 0.6 is 11.6 Å². The summed E-state index contributed by atoms with van der Waals surface area (Å²) in [4.78, 5) is 0. The molecule has 0 aromatic heterocycles. The zero-order valence-corrected chi connectivity index (χ0v) is 12.7. The molecule has 0 aromatic rings. The minimum atomic E-state index is 0.462. The summed E-state index contributed by atoms with van der Waals surface area (Å²) in [6.45, 7) is 10.3. The number of hydrogen-bond acceptors (Lipinski definition) is 1. The molecule has 0 amide bonds. The molecular weight excluding hydrogens is 232 g/mol. The van der Waals surface area contributed by atoms with Gasteiger partial charge in [0.15, 0.2) is 0 Å². The Labute approximate surface area is 112 Å². The van der Waals surface area contributed by atoms with Crippen LogP contribution < -0.4 is 0 Å². The Morgan fingerprint density at radius 1 is 1.29 bits per heavy atom. The summed E-state index contributed by atoms with van der Waals surface area (Å²) in [7, 11) is 0. The van der Waals surface area contributed by atoms with Crippen molar-refractivity contribution in [2.45, 2.75) is 65.9 Å². The second-order valence-corrected chi connectivity index (χ2v) is 7.16. The Morgan fingerprint density at radius 2 is 2.00 bits per heavy atom. The molecule has 0 N–H and O–H groups in total. The predicted molar refractivity (Wildman–Crippen MR) is 75.7 cm³/mol. The van der Waals surface area contributed by atoms with Crippen molar-refractivity contribution >= 4 is 11.6 Å². The third-order valence-electron chi connectivity index (χ3n) is 3.91. The first kappa shape index (κ1) is 15.3. The number of ether oxygens (including phenoxy) is 1. The normalized spacial score (nSPS) is 30.2. The first-order valence-corrected chi connectivity index (χ1v) is 7.64. The van der Waals surface area contributed by atoms with E-state index in [1.54, 1.807) is 0 Å². The Hall–Kier alpha value is 0.250. The van der Waals surface area contributed by atoms with Gasteiger partial charge in [0.2, 0.25) is 0 Å². The van der Waals surface area contributed by atoms with Crippen LogP contribution in [0.2, 0.25) is 0 Å². The molecule has 1 aliphatic rings. The van der Waals surface area contributed by atoms with Crippen LogP contribution in [-0.2, 0) is 4.74 Å². The van der Waals surface area contributed by atoms with Crippen LogP contribution in [0.4, 0.5) is 0 Å². The van der Waals surface area contributed by atoms with Crippen molar-refractivity contribution in [3.63, 3.8) is 0 Å². The maximum absolute atomic E-state index is 6.06. The quantitative estimate of drug-likeness (QED) is 0.619. The predicted octanol–water partition coefficient (Wildman–Crippen LogP) is 4.87. The maximum Gasteiger partial charge on any atom is 0.0582 e. The first-order chi connectivity index (χ1) is 7.93. The molecule has 0 heterocycles. The molecule has 3 atom stereocenters. The highest BCUT2D eigenvalue weighted by Crippen LogP contribution is 2.39. The molecule has 1 saturated carbocycles. The summed E-state index contributed by atoms with van der Waals surface area (Å²) in [5.41, 5.74) is 0.462. The fourth-order valence-electron chi connectivity index (χ4n) is 3.15. The van der Waals surface area contributed by atoms with E-state index < -0.39 is 0 Å². The summed E-state index contributed by atoms with van der Waals surface area (Å²) >= 11 is 5.74. The second kappa shape index (κ2) is 6.99. The molecule has 102 valence electrons. The van der Waals surface area contributed by atoms with Gasteiger partial charge in [0, 0.05) is 12.5 Å². The lowest BCUT2D eigenvalue weighted by Gasteiger charge is -2.38. The van der Waals surface area contributed by atoms with Gasteiger partial charge in [-0.05, 0) is 49.4 Å². The van der Waals surface area contributed by atoms with Gasteiger partial charge in [0.25, 0.3) is 0 Å². The van der Waals surface area contributed by atoms with Crippen LogP contribution in [0.1, 0.15) is 59.8 Å². The topological polar surface area (TPSA) is 9.23 Å². The molecule has 0 bridgehead atoms. The van der Waals surface area contributed by atoms with Crippen molar-refractivity contribution in [2.24, 2.45) is 17.3 Å². The third-order valence-corrected chi connectivity index (χ3v) is 4.13. The number of alkyl halides is 1. The highest BCUT2D eigenvalue weighted by molar-refractivity contribution is 6.17. The van der Waals surface area contributed by atoms with E-state index in [0.29, 0.717) is 17.4 Å². The van der Waals surface area contributed by atoms with Gasteiger partial charge in [-0.25, -0.2) is 0 Å². The number of rotatable bonds is 6. The standard InChI is InChI=1S/C15H29ClO/c1-12(5-7-16)6-8-17-14-9-13(2)10-15(3,4)11-14/h12-14H,5-11H2,1-4H3. The van der Waals surface area contributed by atoms with Gasteiger partial charge in [-0.1, -0.05) is 27.7 Å². The molecule has 0 saturated heterocycles. The molecule has 1 fully saturated rings. The molecule has 0 spiro atoms. The molecule has 1 aliphatic carbocycles. The first-order valence-electron chi connectivity index (χ1n) is 7.10. The molecule has 1 rings (SSSR count). The monoisotopic (exact) mass is 260 g/mol. The zero-order chi connectivity index (χ0) is 12.9. The second-order valence-electron chi connectivity index (χ2n) is 6.78. The highest BCUT2D eigenvalue weighted by atomic mass is 35.5. The summed E-state index contributed by atoms with van der Waals surface area (Å²) in [6.07, 6.45) is 6.55. The minimum absolute atomic E-state index is 0.462. The summed E-state index contributed by atoms with van der Waals surface area (Å²) in [5.74, 6) is 2.28. The summed E-state index contributed by atoms with van der Waals surface area (Å²) in [6, 6.07) is 0. The zero-order valence-electron chi connectivity index (χ0n) is 12.0. The molecule has 2 heteroatoms. The average molecular weight is 261 g/mol. The van der Waals surface area contributed by atoms with E-state index in [2.05, 4.69) is 27.7 Å². The van der Waals surface area contributed by atoms with Crippen LogP contribution in [0.5, 0.6) is 0 Å².